The molecule has 1 aliphatic carbocycles. The molecule has 2 rings (SSSR count). The standard InChI is InChI=1S/C10H19N.C3H8.C2H6/c1-11-8-4-6-9-5-2-3-7-10(9)11;1-3-2;1-2/h9-10H,2-8H2,1H3;3H2,1-2H3;1-2H3. The Morgan fingerprint density at radius 1 is 0.938 bits per heavy atom. The molecule has 2 atom stereocenters. The topological polar surface area (TPSA) is 3.24 Å². The van der Waals surface area contributed by atoms with E-state index in [1.165, 1.54) is 51.5 Å². The van der Waals surface area contributed by atoms with E-state index in [1.54, 1.807) is 0 Å². The van der Waals surface area contributed by atoms with Crippen molar-refractivity contribution in [2.45, 2.75) is 78.7 Å². The van der Waals surface area contributed by atoms with E-state index in [2.05, 4.69) is 25.8 Å². The van der Waals surface area contributed by atoms with E-state index in [4.69, 9.17) is 0 Å². The maximum Gasteiger partial charge on any atom is 0.0120 e. The Kier molecular flexibility index (Phi) is 10.1. The Hall–Kier alpha value is -0.0400. The summed E-state index contributed by atoms with van der Waals surface area (Å²) < 4.78 is 0. The van der Waals surface area contributed by atoms with Crippen LogP contribution in [0.15, 0.2) is 0 Å². The zero-order valence-electron chi connectivity index (χ0n) is 12.3. The van der Waals surface area contributed by atoms with Crippen molar-refractivity contribution in [2.75, 3.05) is 13.6 Å². The summed E-state index contributed by atoms with van der Waals surface area (Å²) in [7, 11) is 2.31. The summed E-state index contributed by atoms with van der Waals surface area (Å²) in [5.74, 6) is 1.06. The lowest BCUT2D eigenvalue weighted by Crippen LogP contribution is -2.44. The van der Waals surface area contributed by atoms with Crippen LogP contribution in [0.2, 0.25) is 0 Å². The number of hydrogen-bond donors (Lipinski definition) is 0. The van der Waals surface area contributed by atoms with Crippen LogP contribution in [0.4, 0.5) is 0 Å². The van der Waals surface area contributed by atoms with Crippen molar-refractivity contribution in [2.24, 2.45) is 5.92 Å². The van der Waals surface area contributed by atoms with Gasteiger partial charge in [0.05, 0.1) is 0 Å². The van der Waals surface area contributed by atoms with Gasteiger partial charge in [0.15, 0.2) is 0 Å². The van der Waals surface area contributed by atoms with Gasteiger partial charge >= 0.3 is 0 Å². The second kappa shape index (κ2) is 10.1. The third-order valence-electron chi connectivity index (χ3n) is 3.52. The molecule has 0 bridgehead atoms. The van der Waals surface area contributed by atoms with Crippen molar-refractivity contribution in [3.63, 3.8) is 0 Å². The van der Waals surface area contributed by atoms with Crippen LogP contribution in [-0.2, 0) is 0 Å². The van der Waals surface area contributed by atoms with Gasteiger partial charge < -0.3 is 4.90 Å². The molecule has 1 saturated heterocycles. The highest BCUT2D eigenvalue weighted by atomic mass is 15.1. The van der Waals surface area contributed by atoms with E-state index in [0.717, 1.165) is 12.0 Å². The van der Waals surface area contributed by atoms with E-state index >= 15 is 0 Å². The predicted octanol–water partition coefficient (Wildman–Crippen LogP) is 4.71. The van der Waals surface area contributed by atoms with Gasteiger partial charge in [-0.15, -0.1) is 0 Å². The Labute approximate surface area is 104 Å². The quantitative estimate of drug-likeness (QED) is 0.579. The average Bonchev–Trinajstić information content (AvgIpc) is 2.33. The molecule has 1 nitrogen and oxygen atoms in total. The van der Waals surface area contributed by atoms with Crippen LogP contribution in [0.3, 0.4) is 0 Å². The Morgan fingerprint density at radius 2 is 1.44 bits per heavy atom. The molecule has 0 amide bonds. The zero-order chi connectivity index (χ0) is 12.4. The molecule has 0 N–H and O–H groups in total. The van der Waals surface area contributed by atoms with Gasteiger partial charge in [0.25, 0.3) is 0 Å². The number of nitrogens with zero attached hydrogens (tertiary/aromatic N) is 1. The van der Waals surface area contributed by atoms with E-state index in [9.17, 15) is 0 Å². The van der Waals surface area contributed by atoms with Crippen molar-refractivity contribution < 1.29 is 0 Å². The lowest BCUT2D eigenvalue weighted by atomic mass is 9.79. The third-order valence-corrected chi connectivity index (χ3v) is 3.52. The Balaban J connectivity index is 0.000000394. The number of hydrogen-bond acceptors (Lipinski definition) is 1. The monoisotopic (exact) mass is 227 g/mol. The van der Waals surface area contributed by atoms with Crippen LogP contribution in [0.1, 0.15) is 72.6 Å². The highest BCUT2D eigenvalue weighted by Crippen LogP contribution is 2.34. The van der Waals surface area contributed by atoms with Gasteiger partial charge in [-0.1, -0.05) is 47.0 Å². The largest absolute Gasteiger partial charge is 0.303 e. The second-order valence-electron chi connectivity index (χ2n) is 4.94. The summed E-state index contributed by atoms with van der Waals surface area (Å²) in [6, 6.07) is 0.956. The fourth-order valence-corrected chi connectivity index (χ4v) is 2.87. The molecule has 1 aliphatic heterocycles. The minimum Gasteiger partial charge on any atom is -0.303 e. The molecule has 1 saturated carbocycles. The summed E-state index contributed by atoms with van der Waals surface area (Å²) in [5, 5.41) is 0. The summed E-state index contributed by atoms with van der Waals surface area (Å²) in [4.78, 5) is 2.59. The van der Waals surface area contributed by atoms with Crippen LogP contribution < -0.4 is 0 Å². The first-order valence-corrected chi connectivity index (χ1v) is 7.49. The average molecular weight is 227 g/mol. The van der Waals surface area contributed by atoms with Gasteiger partial charge in [0.1, 0.15) is 0 Å². The first-order valence-electron chi connectivity index (χ1n) is 7.49. The SMILES string of the molecule is CC.CCC.CN1CCCC2CCCCC21. The molecular weight excluding hydrogens is 194 g/mol. The molecule has 98 valence electrons. The van der Waals surface area contributed by atoms with Gasteiger partial charge in [0, 0.05) is 6.04 Å². The van der Waals surface area contributed by atoms with E-state index in [0.29, 0.717) is 0 Å². The number of piperidine rings is 1. The lowest BCUT2D eigenvalue weighted by molar-refractivity contribution is 0.0841. The lowest BCUT2D eigenvalue weighted by Gasteiger charge is -2.42. The fraction of sp³-hybridized carbons (Fsp3) is 1.00. The molecular formula is C15H33N. The predicted molar refractivity (Wildman–Crippen MR) is 74.9 cm³/mol. The minimum atomic E-state index is 0.956. The summed E-state index contributed by atoms with van der Waals surface area (Å²) in [6.07, 6.45) is 10.2. The minimum absolute atomic E-state index is 0.956. The van der Waals surface area contributed by atoms with E-state index < -0.39 is 0 Å². The molecule has 1 heteroatoms. The summed E-state index contributed by atoms with van der Waals surface area (Å²) >= 11 is 0. The van der Waals surface area contributed by atoms with Gasteiger partial charge in [-0.25, -0.2) is 0 Å². The smallest absolute Gasteiger partial charge is 0.0120 e. The van der Waals surface area contributed by atoms with Crippen molar-refractivity contribution in [3.05, 3.63) is 0 Å². The van der Waals surface area contributed by atoms with Crippen molar-refractivity contribution >= 4 is 0 Å². The van der Waals surface area contributed by atoms with E-state index in [-0.39, 0.29) is 0 Å². The fourth-order valence-electron chi connectivity index (χ4n) is 2.87. The van der Waals surface area contributed by atoms with Gasteiger partial charge in [-0.2, -0.15) is 0 Å². The van der Waals surface area contributed by atoms with Gasteiger partial charge in [0.2, 0.25) is 0 Å². The van der Waals surface area contributed by atoms with Crippen LogP contribution >= 0.6 is 0 Å². The molecule has 0 aromatic heterocycles. The molecule has 0 aromatic rings. The molecule has 1 heterocycles. The highest BCUT2D eigenvalue weighted by molar-refractivity contribution is 4.85. The second-order valence-corrected chi connectivity index (χ2v) is 4.94. The van der Waals surface area contributed by atoms with Crippen molar-refractivity contribution in [1.29, 1.82) is 0 Å². The first-order chi connectivity index (χ1) is 7.79. The van der Waals surface area contributed by atoms with Gasteiger partial charge in [-0.3, -0.25) is 0 Å². The summed E-state index contributed by atoms with van der Waals surface area (Å²) in [5.41, 5.74) is 0. The van der Waals surface area contributed by atoms with Crippen LogP contribution in [-0.4, -0.2) is 24.5 Å². The van der Waals surface area contributed by atoms with Crippen LogP contribution in [0, 0.1) is 5.92 Å². The number of likely N-dealkylation sites (tertiary alicyclic amines) is 1. The van der Waals surface area contributed by atoms with Crippen molar-refractivity contribution in [3.8, 4) is 0 Å². The van der Waals surface area contributed by atoms with Crippen LogP contribution in [0.25, 0.3) is 0 Å². The van der Waals surface area contributed by atoms with Gasteiger partial charge in [-0.05, 0) is 45.2 Å². The molecule has 0 aromatic carbocycles. The number of rotatable bonds is 0. The number of fused-ring (bicyclic) bond motifs is 1. The highest BCUT2D eigenvalue weighted by Gasteiger charge is 2.30. The first kappa shape index (κ1) is 16.0. The van der Waals surface area contributed by atoms with E-state index in [1.807, 2.05) is 13.8 Å². The zero-order valence-corrected chi connectivity index (χ0v) is 12.3. The molecule has 2 fully saturated rings. The normalized spacial score (nSPS) is 29.1. The molecule has 16 heavy (non-hydrogen) atoms. The molecule has 0 spiro atoms. The third kappa shape index (κ3) is 5.34. The maximum atomic E-state index is 2.59. The van der Waals surface area contributed by atoms with Crippen molar-refractivity contribution in [1.82, 2.24) is 4.90 Å². The Morgan fingerprint density at radius 3 is 2.00 bits per heavy atom. The molecule has 0 radical (unpaired) electrons. The molecule has 2 unspecified atom stereocenters. The molecule has 2 aliphatic rings. The Bertz CT molecular complexity index is 142. The van der Waals surface area contributed by atoms with Crippen LogP contribution in [0.5, 0.6) is 0 Å². The maximum absolute atomic E-state index is 2.59. The summed E-state index contributed by atoms with van der Waals surface area (Å²) in [6.45, 7) is 9.60.